The van der Waals surface area contributed by atoms with Crippen molar-refractivity contribution in [1.29, 1.82) is 0 Å². The number of aromatic hydroxyl groups is 1. The zero-order chi connectivity index (χ0) is 24.6. The molecule has 0 aromatic heterocycles. The number of carbonyl (C=O) groups is 2. The minimum Gasteiger partial charge on any atom is -0.507 e. The average Bonchev–Trinajstić information content (AvgIpc) is 2.65. The van der Waals surface area contributed by atoms with Crippen LogP contribution in [-0.2, 0) is 29.9 Å². The van der Waals surface area contributed by atoms with Crippen LogP contribution in [0.4, 0.5) is 0 Å². The number of hydrogen-bond donors (Lipinski definition) is 2. The zero-order valence-electron chi connectivity index (χ0n) is 21.0. The maximum Gasteiger partial charge on any atom is 0.336 e. The second-order valence-electron chi connectivity index (χ2n) is 10.3. The van der Waals surface area contributed by atoms with E-state index in [4.69, 9.17) is 9.47 Å². The van der Waals surface area contributed by atoms with E-state index in [1.54, 1.807) is 20.8 Å². The molecular weight excluding hydrogens is 406 g/mol. The number of phenols is 1. The van der Waals surface area contributed by atoms with Crippen molar-refractivity contribution in [3.63, 3.8) is 0 Å². The van der Waals surface area contributed by atoms with E-state index in [2.05, 4.69) is 5.32 Å². The van der Waals surface area contributed by atoms with Crippen LogP contribution in [0.2, 0.25) is 0 Å². The summed E-state index contributed by atoms with van der Waals surface area (Å²) in [6, 6.07) is 3.78. The normalized spacial score (nSPS) is 17.2. The Balaban J connectivity index is 2.96. The van der Waals surface area contributed by atoms with Crippen LogP contribution in [0.5, 0.6) is 5.75 Å². The van der Waals surface area contributed by atoms with Gasteiger partial charge < -0.3 is 19.9 Å². The first-order chi connectivity index (χ1) is 14.6. The minimum atomic E-state index is -0.689. The van der Waals surface area contributed by atoms with E-state index >= 15 is 0 Å². The molecule has 1 aromatic carbocycles. The Morgan fingerprint density at radius 1 is 0.938 bits per heavy atom. The molecule has 1 atom stereocenters. The van der Waals surface area contributed by atoms with Crippen molar-refractivity contribution < 1.29 is 24.2 Å². The molecule has 0 saturated heterocycles. The summed E-state index contributed by atoms with van der Waals surface area (Å²) in [5, 5.41) is 14.3. The Labute approximate surface area is 191 Å². The van der Waals surface area contributed by atoms with Crippen molar-refractivity contribution in [2.24, 2.45) is 0 Å². The van der Waals surface area contributed by atoms with Crippen LogP contribution >= 0.6 is 0 Å². The van der Waals surface area contributed by atoms with Gasteiger partial charge in [0.15, 0.2) is 0 Å². The summed E-state index contributed by atoms with van der Waals surface area (Å²) < 4.78 is 10.5. The summed E-state index contributed by atoms with van der Waals surface area (Å²) >= 11 is 0. The first-order valence-electron chi connectivity index (χ1n) is 11.0. The number of carbonyl (C=O) groups excluding carboxylic acids is 2. The molecular formula is C26H37NO5. The second-order valence-corrected chi connectivity index (χ2v) is 10.3. The van der Waals surface area contributed by atoms with Crippen LogP contribution in [0.25, 0.3) is 0 Å². The SMILES string of the molecule is CCOC(=O)C1=C(C)NC(C)=C(C(=O)OC)C1c1cc(C(C)(C)C)c(O)c(C(C)(C)C)c1. The monoisotopic (exact) mass is 443 g/mol. The molecule has 1 aliphatic heterocycles. The minimum absolute atomic E-state index is 0.217. The average molecular weight is 444 g/mol. The number of hydrogen-bond acceptors (Lipinski definition) is 6. The lowest BCUT2D eigenvalue weighted by atomic mass is 9.73. The van der Waals surface area contributed by atoms with E-state index in [9.17, 15) is 14.7 Å². The number of ether oxygens (including phenoxy) is 2. The number of esters is 2. The van der Waals surface area contributed by atoms with Gasteiger partial charge in [-0.15, -0.1) is 0 Å². The lowest BCUT2D eigenvalue weighted by molar-refractivity contribution is -0.139. The highest BCUT2D eigenvalue weighted by Crippen LogP contribution is 2.45. The first-order valence-corrected chi connectivity index (χ1v) is 11.0. The zero-order valence-corrected chi connectivity index (χ0v) is 21.0. The molecule has 0 aliphatic carbocycles. The molecule has 32 heavy (non-hydrogen) atoms. The second kappa shape index (κ2) is 9.00. The van der Waals surface area contributed by atoms with Gasteiger partial charge in [-0.3, -0.25) is 0 Å². The summed E-state index contributed by atoms with van der Waals surface area (Å²) in [5.41, 5.74) is 3.48. The molecule has 0 saturated carbocycles. The lowest BCUT2D eigenvalue weighted by Gasteiger charge is -2.33. The molecule has 0 fully saturated rings. The van der Waals surface area contributed by atoms with E-state index in [1.165, 1.54) is 7.11 Å². The van der Waals surface area contributed by atoms with Gasteiger partial charge in [-0.05, 0) is 48.3 Å². The van der Waals surface area contributed by atoms with Gasteiger partial charge in [0, 0.05) is 11.4 Å². The molecule has 1 heterocycles. The summed E-state index contributed by atoms with van der Waals surface area (Å²) in [5.74, 6) is -1.46. The van der Waals surface area contributed by atoms with Crippen LogP contribution in [-0.4, -0.2) is 30.8 Å². The summed E-state index contributed by atoms with van der Waals surface area (Å²) in [6.45, 7) is 17.7. The predicted molar refractivity (Wildman–Crippen MR) is 125 cm³/mol. The van der Waals surface area contributed by atoms with E-state index in [0.29, 0.717) is 22.5 Å². The molecule has 0 bridgehead atoms. The Morgan fingerprint density at radius 2 is 1.38 bits per heavy atom. The molecule has 6 nitrogen and oxygen atoms in total. The van der Waals surface area contributed by atoms with Gasteiger partial charge in [0.25, 0.3) is 0 Å². The van der Waals surface area contributed by atoms with E-state index < -0.39 is 17.9 Å². The maximum atomic E-state index is 13.0. The highest BCUT2D eigenvalue weighted by Gasteiger charge is 2.39. The number of rotatable bonds is 4. The van der Waals surface area contributed by atoms with Crippen LogP contribution < -0.4 is 5.32 Å². The number of methoxy groups -OCH3 is 1. The van der Waals surface area contributed by atoms with Crippen molar-refractivity contribution >= 4 is 11.9 Å². The van der Waals surface area contributed by atoms with Gasteiger partial charge >= 0.3 is 11.9 Å². The van der Waals surface area contributed by atoms with Crippen molar-refractivity contribution in [3.05, 3.63) is 51.4 Å². The molecule has 2 rings (SSSR count). The Bertz CT molecular complexity index is 951. The van der Waals surface area contributed by atoms with Crippen LogP contribution in [0.15, 0.2) is 34.7 Å². The fraction of sp³-hybridized carbons (Fsp3) is 0.538. The third kappa shape index (κ3) is 4.84. The number of phenolic OH excluding ortho intramolecular Hbond substituents is 1. The predicted octanol–water partition coefficient (Wildman–Crippen LogP) is 4.96. The van der Waals surface area contributed by atoms with Gasteiger partial charge in [-0.1, -0.05) is 53.7 Å². The lowest BCUT2D eigenvalue weighted by Crippen LogP contribution is -2.32. The van der Waals surface area contributed by atoms with Crippen LogP contribution in [0, 0.1) is 0 Å². The van der Waals surface area contributed by atoms with Gasteiger partial charge in [-0.25, -0.2) is 9.59 Å². The van der Waals surface area contributed by atoms with E-state index in [0.717, 1.165) is 16.7 Å². The quantitative estimate of drug-likeness (QED) is 0.640. The van der Waals surface area contributed by atoms with Crippen molar-refractivity contribution in [2.75, 3.05) is 13.7 Å². The third-order valence-corrected chi connectivity index (χ3v) is 5.74. The molecule has 0 amide bonds. The van der Waals surface area contributed by atoms with Gasteiger partial charge in [0.05, 0.1) is 30.8 Å². The smallest absolute Gasteiger partial charge is 0.336 e. The largest absolute Gasteiger partial charge is 0.507 e. The van der Waals surface area contributed by atoms with Gasteiger partial charge in [0.1, 0.15) is 5.75 Å². The number of nitrogens with one attached hydrogen (secondary N) is 1. The molecule has 0 spiro atoms. The van der Waals surface area contributed by atoms with Crippen molar-refractivity contribution in [3.8, 4) is 5.75 Å². The van der Waals surface area contributed by atoms with Gasteiger partial charge in [-0.2, -0.15) is 0 Å². The maximum absolute atomic E-state index is 13.0. The fourth-order valence-electron chi connectivity index (χ4n) is 4.15. The number of benzene rings is 1. The molecule has 176 valence electrons. The molecule has 6 heteroatoms. The van der Waals surface area contributed by atoms with Gasteiger partial charge in [0.2, 0.25) is 0 Å². The molecule has 0 radical (unpaired) electrons. The number of dihydropyridines is 1. The van der Waals surface area contributed by atoms with Crippen LogP contribution in [0.1, 0.15) is 84.9 Å². The Hall–Kier alpha value is -2.76. The summed E-state index contributed by atoms with van der Waals surface area (Å²) in [7, 11) is 1.33. The van der Waals surface area contributed by atoms with Crippen molar-refractivity contribution in [1.82, 2.24) is 5.32 Å². The molecule has 1 aliphatic rings. The Kier molecular flexibility index (Phi) is 7.18. The summed E-state index contributed by atoms with van der Waals surface area (Å²) in [4.78, 5) is 25.9. The molecule has 1 unspecified atom stereocenters. The van der Waals surface area contributed by atoms with E-state index in [-0.39, 0.29) is 23.2 Å². The number of allylic oxidation sites excluding steroid dienone is 2. The van der Waals surface area contributed by atoms with Crippen LogP contribution in [0.3, 0.4) is 0 Å². The molecule has 1 aromatic rings. The highest BCUT2D eigenvalue weighted by molar-refractivity contribution is 6.00. The van der Waals surface area contributed by atoms with E-state index in [1.807, 2.05) is 53.7 Å². The third-order valence-electron chi connectivity index (χ3n) is 5.74. The van der Waals surface area contributed by atoms with Crippen molar-refractivity contribution in [2.45, 2.75) is 79.1 Å². The Morgan fingerprint density at radius 3 is 1.75 bits per heavy atom. The highest BCUT2D eigenvalue weighted by atomic mass is 16.5. The fourth-order valence-corrected chi connectivity index (χ4v) is 4.15. The summed E-state index contributed by atoms with van der Waals surface area (Å²) in [6.07, 6.45) is 0. The first kappa shape index (κ1) is 25.5. The topological polar surface area (TPSA) is 84.9 Å². The standard InChI is InChI=1S/C26H37NO5/c1-11-32-24(30)20-15(3)27-14(2)19(23(29)31-10)21(20)16-12-17(25(4,5)6)22(28)18(13-16)26(7,8)9/h12-13,21,27-28H,11H2,1-10H3. The molecule has 2 N–H and O–H groups in total.